The van der Waals surface area contributed by atoms with Crippen LogP contribution in [-0.4, -0.2) is 56.6 Å². The smallest absolute Gasteiger partial charge is 0.293 e. The van der Waals surface area contributed by atoms with Crippen molar-refractivity contribution in [3.63, 3.8) is 0 Å². The van der Waals surface area contributed by atoms with E-state index in [0.29, 0.717) is 37.8 Å². The van der Waals surface area contributed by atoms with Gasteiger partial charge in [-0.15, -0.1) is 0 Å². The third-order valence-electron chi connectivity index (χ3n) is 4.93. The summed E-state index contributed by atoms with van der Waals surface area (Å²) in [7, 11) is -3.51. The normalized spacial score (nSPS) is 23.4. The van der Waals surface area contributed by atoms with Crippen molar-refractivity contribution in [3.8, 4) is 0 Å². The molecule has 136 valence electrons. The highest BCUT2D eigenvalue weighted by atomic mass is 32.2. The number of amides is 1. The Hall–Kier alpha value is -2.16. The fraction of sp³-hybridized carbons (Fsp3) is 0.562. The first kappa shape index (κ1) is 17.7. The maximum atomic E-state index is 12.3. The van der Waals surface area contributed by atoms with Gasteiger partial charge in [-0.05, 0) is 24.5 Å². The van der Waals surface area contributed by atoms with E-state index in [1.54, 1.807) is 0 Å². The van der Waals surface area contributed by atoms with Crippen LogP contribution in [0.5, 0.6) is 0 Å². The Kier molecular flexibility index (Phi) is 4.44. The van der Waals surface area contributed by atoms with E-state index in [4.69, 9.17) is 0 Å². The van der Waals surface area contributed by atoms with Crippen molar-refractivity contribution in [2.75, 3.05) is 37.3 Å². The highest BCUT2D eigenvalue weighted by Crippen LogP contribution is 2.39. The second-order valence-corrected chi connectivity index (χ2v) is 8.83. The molecule has 2 fully saturated rings. The van der Waals surface area contributed by atoms with Crippen molar-refractivity contribution in [2.24, 2.45) is 11.8 Å². The van der Waals surface area contributed by atoms with E-state index in [0.717, 1.165) is 18.7 Å². The van der Waals surface area contributed by atoms with Crippen LogP contribution in [0.1, 0.15) is 13.3 Å². The third-order valence-corrected chi connectivity index (χ3v) is 6.04. The van der Waals surface area contributed by atoms with Gasteiger partial charge in [-0.1, -0.05) is 6.92 Å². The molecule has 0 unspecified atom stereocenters. The standard InChI is InChI=1S/C16H21N3O5S/c1-11-9-13(11)16(20)18-7-5-17(6-8-18)14-4-3-12(25(2,23)24)10-15(14)19(21)22/h3-4,10-11,13H,5-9H2,1-2H3/t11-,13+/m1/s1. The van der Waals surface area contributed by atoms with Crippen LogP contribution >= 0.6 is 0 Å². The molecule has 1 saturated heterocycles. The predicted molar refractivity (Wildman–Crippen MR) is 92.3 cm³/mol. The summed E-state index contributed by atoms with van der Waals surface area (Å²) in [4.78, 5) is 26.7. The zero-order valence-electron chi connectivity index (χ0n) is 14.2. The van der Waals surface area contributed by atoms with Crippen molar-refractivity contribution in [1.82, 2.24) is 4.90 Å². The first-order chi connectivity index (χ1) is 11.7. The summed E-state index contributed by atoms with van der Waals surface area (Å²) in [6.45, 7) is 4.09. The number of sulfone groups is 1. The van der Waals surface area contributed by atoms with Gasteiger partial charge in [0.15, 0.2) is 9.84 Å². The summed E-state index contributed by atoms with van der Waals surface area (Å²) in [5, 5.41) is 11.4. The van der Waals surface area contributed by atoms with E-state index in [1.165, 1.54) is 12.1 Å². The second kappa shape index (κ2) is 6.29. The molecule has 1 aliphatic heterocycles. The van der Waals surface area contributed by atoms with Crippen molar-refractivity contribution in [1.29, 1.82) is 0 Å². The zero-order chi connectivity index (χ0) is 18.4. The van der Waals surface area contributed by atoms with Gasteiger partial charge in [0.1, 0.15) is 5.69 Å². The van der Waals surface area contributed by atoms with E-state index in [9.17, 15) is 23.3 Å². The molecule has 0 spiro atoms. The zero-order valence-corrected chi connectivity index (χ0v) is 15.0. The summed E-state index contributed by atoms with van der Waals surface area (Å²) >= 11 is 0. The van der Waals surface area contributed by atoms with Gasteiger partial charge in [0.25, 0.3) is 5.69 Å². The highest BCUT2D eigenvalue weighted by Gasteiger charge is 2.42. The Morgan fingerprint density at radius 2 is 1.84 bits per heavy atom. The molecule has 8 nitrogen and oxygen atoms in total. The molecule has 1 amide bonds. The summed E-state index contributed by atoms with van der Waals surface area (Å²) in [5.74, 6) is 0.763. The van der Waals surface area contributed by atoms with Crippen LogP contribution in [-0.2, 0) is 14.6 Å². The van der Waals surface area contributed by atoms with Crippen molar-refractivity contribution >= 4 is 27.1 Å². The van der Waals surface area contributed by atoms with Gasteiger partial charge in [-0.25, -0.2) is 8.42 Å². The quantitative estimate of drug-likeness (QED) is 0.587. The Morgan fingerprint density at radius 1 is 1.24 bits per heavy atom. The van der Waals surface area contributed by atoms with Gasteiger partial charge < -0.3 is 9.80 Å². The minimum absolute atomic E-state index is 0.0699. The second-order valence-electron chi connectivity index (χ2n) is 6.81. The fourth-order valence-corrected chi connectivity index (χ4v) is 3.86. The molecule has 1 saturated carbocycles. The molecule has 2 atom stereocenters. The van der Waals surface area contributed by atoms with E-state index in [2.05, 4.69) is 6.92 Å². The monoisotopic (exact) mass is 367 g/mol. The molecule has 0 N–H and O–H groups in total. The van der Waals surface area contributed by atoms with Gasteiger partial charge >= 0.3 is 0 Å². The minimum Gasteiger partial charge on any atom is -0.362 e. The van der Waals surface area contributed by atoms with Gasteiger partial charge in [0.05, 0.1) is 9.82 Å². The number of carbonyl (C=O) groups is 1. The lowest BCUT2D eigenvalue weighted by Crippen LogP contribution is -2.49. The number of hydrogen-bond acceptors (Lipinski definition) is 6. The van der Waals surface area contributed by atoms with Crippen LogP contribution in [0.2, 0.25) is 0 Å². The van der Waals surface area contributed by atoms with Crippen LogP contribution in [0.25, 0.3) is 0 Å². The molecule has 1 aromatic carbocycles. The van der Waals surface area contributed by atoms with Crippen molar-refractivity contribution in [3.05, 3.63) is 28.3 Å². The van der Waals surface area contributed by atoms with E-state index >= 15 is 0 Å². The number of benzene rings is 1. The van der Waals surface area contributed by atoms with Gasteiger partial charge in [-0.2, -0.15) is 0 Å². The number of nitrogens with zero attached hydrogens (tertiary/aromatic N) is 3. The first-order valence-electron chi connectivity index (χ1n) is 8.20. The molecule has 25 heavy (non-hydrogen) atoms. The topological polar surface area (TPSA) is 101 Å². The Labute approximate surface area is 146 Å². The Morgan fingerprint density at radius 3 is 2.32 bits per heavy atom. The van der Waals surface area contributed by atoms with Gasteiger partial charge in [0.2, 0.25) is 5.91 Å². The van der Waals surface area contributed by atoms with Crippen molar-refractivity contribution < 1.29 is 18.1 Å². The average molecular weight is 367 g/mol. The average Bonchev–Trinajstić information content (AvgIpc) is 3.29. The first-order valence-corrected chi connectivity index (χ1v) is 10.1. The summed E-state index contributed by atoms with van der Waals surface area (Å²) in [6.07, 6.45) is 1.96. The molecule has 0 radical (unpaired) electrons. The fourth-order valence-electron chi connectivity index (χ4n) is 3.22. The lowest BCUT2D eigenvalue weighted by Gasteiger charge is -2.36. The number of nitro benzene ring substituents is 1. The minimum atomic E-state index is -3.51. The molecule has 0 aromatic heterocycles. The Balaban J connectivity index is 1.76. The maximum absolute atomic E-state index is 12.3. The van der Waals surface area contributed by atoms with Crippen LogP contribution in [0.15, 0.2) is 23.1 Å². The molecule has 3 rings (SSSR count). The summed E-state index contributed by atoms with van der Waals surface area (Å²) in [5.41, 5.74) is 0.169. The number of hydrogen-bond donors (Lipinski definition) is 0. The van der Waals surface area contributed by atoms with Gasteiger partial charge in [-0.3, -0.25) is 14.9 Å². The van der Waals surface area contributed by atoms with Crippen LogP contribution in [0.4, 0.5) is 11.4 Å². The van der Waals surface area contributed by atoms with Gasteiger partial charge in [0, 0.05) is 44.4 Å². The predicted octanol–water partition coefficient (Wildman–Crippen LogP) is 1.30. The number of nitro groups is 1. The van der Waals surface area contributed by atoms with E-state index in [-0.39, 0.29) is 22.4 Å². The highest BCUT2D eigenvalue weighted by molar-refractivity contribution is 7.90. The van der Waals surface area contributed by atoms with Crippen molar-refractivity contribution in [2.45, 2.75) is 18.2 Å². The SMILES string of the molecule is C[C@@H]1C[C@@H]1C(=O)N1CCN(c2ccc(S(C)(=O)=O)cc2[N+](=O)[O-])CC1. The Bertz CT molecular complexity index is 815. The number of rotatable bonds is 4. The summed E-state index contributed by atoms with van der Waals surface area (Å²) < 4.78 is 23.3. The lowest BCUT2D eigenvalue weighted by atomic mass is 10.2. The van der Waals surface area contributed by atoms with Crippen LogP contribution < -0.4 is 4.90 Å². The van der Waals surface area contributed by atoms with Crippen LogP contribution in [0.3, 0.4) is 0 Å². The molecular formula is C16H21N3O5S. The van der Waals surface area contributed by atoms with E-state index < -0.39 is 14.8 Å². The molecular weight excluding hydrogens is 346 g/mol. The third kappa shape index (κ3) is 3.60. The molecule has 1 aliphatic carbocycles. The van der Waals surface area contributed by atoms with Crippen LogP contribution in [0, 0.1) is 22.0 Å². The maximum Gasteiger partial charge on any atom is 0.293 e. The number of anilines is 1. The molecule has 1 heterocycles. The molecule has 0 bridgehead atoms. The summed E-state index contributed by atoms with van der Waals surface area (Å²) in [6, 6.07) is 3.98. The van der Waals surface area contributed by atoms with E-state index in [1.807, 2.05) is 9.80 Å². The largest absolute Gasteiger partial charge is 0.362 e. The number of carbonyl (C=O) groups excluding carboxylic acids is 1. The lowest BCUT2D eigenvalue weighted by molar-refractivity contribution is -0.384. The number of piperazine rings is 1. The molecule has 1 aromatic rings. The molecule has 9 heteroatoms. The molecule has 2 aliphatic rings.